The van der Waals surface area contributed by atoms with Gasteiger partial charge in [-0.1, -0.05) is 68.2 Å². The third kappa shape index (κ3) is 6.64. The van der Waals surface area contributed by atoms with Crippen molar-refractivity contribution in [3.8, 4) is 0 Å². The van der Waals surface area contributed by atoms with Gasteiger partial charge >= 0.3 is 6.18 Å². The minimum absolute atomic E-state index is 0.0807. The summed E-state index contributed by atoms with van der Waals surface area (Å²) in [6, 6.07) is 7.52. The van der Waals surface area contributed by atoms with E-state index in [1.54, 1.807) is 18.2 Å². The molecular formula is C24H24Cl2F4N2O. The van der Waals surface area contributed by atoms with E-state index >= 15 is 0 Å². The SMILES string of the molecule is CC(C)(C)/C=C(/CC(NC1=NCCO1)c1cccc(Cl)c1Cl)c1ccc(C(F)(F)F)cc1F. The van der Waals surface area contributed by atoms with E-state index in [1.807, 2.05) is 26.8 Å². The molecule has 1 heterocycles. The summed E-state index contributed by atoms with van der Waals surface area (Å²) >= 11 is 12.7. The number of nitrogens with zero attached hydrogens (tertiary/aromatic N) is 1. The van der Waals surface area contributed by atoms with E-state index in [-0.39, 0.29) is 17.4 Å². The summed E-state index contributed by atoms with van der Waals surface area (Å²) in [5.41, 5.74) is -0.193. The second kappa shape index (κ2) is 9.94. The molecule has 0 aromatic heterocycles. The minimum atomic E-state index is -4.64. The monoisotopic (exact) mass is 502 g/mol. The second-order valence-electron chi connectivity index (χ2n) is 8.81. The van der Waals surface area contributed by atoms with Crippen LogP contribution in [0.2, 0.25) is 10.0 Å². The highest BCUT2D eigenvalue weighted by atomic mass is 35.5. The zero-order chi connectivity index (χ0) is 24.4. The predicted octanol–water partition coefficient (Wildman–Crippen LogP) is 7.69. The van der Waals surface area contributed by atoms with Gasteiger partial charge in [-0.15, -0.1) is 0 Å². The number of amidine groups is 1. The molecule has 9 heteroatoms. The molecule has 3 rings (SSSR count). The molecule has 0 amide bonds. The fourth-order valence-electron chi connectivity index (χ4n) is 3.54. The summed E-state index contributed by atoms with van der Waals surface area (Å²) in [4.78, 5) is 4.25. The largest absolute Gasteiger partial charge is 0.463 e. The normalized spacial score (nSPS) is 15.8. The summed E-state index contributed by atoms with van der Waals surface area (Å²) in [6.45, 7) is 6.70. The van der Waals surface area contributed by atoms with Gasteiger partial charge in [0, 0.05) is 5.56 Å². The smallest absolute Gasteiger partial charge is 0.416 e. The van der Waals surface area contributed by atoms with Gasteiger partial charge in [-0.3, -0.25) is 0 Å². The third-order valence-corrected chi connectivity index (χ3v) is 5.75. The first-order valence-corrected chi connectivity index (χ1v) is 11.1. The van der Waals surface area contributed by atoms with Crippen LogP contribution in [0.5, 0.6) is 0 Å². The Kier molecular flexibility index (Phi) is 7.64. The van der Waals surface area contributed by atoms with E-state index < -0.39 is 23.6 Å². The molecule has 2 aromatic rings. The van der Waals surface area contributed by atoms with Crippen LogP contribution in [0.3, 0.4) is 0 Å². The lowest BCUT2D eigenvalue weighted by molar-refractivity contribution is -0.137. The van der Waals surface area contributed by atoms with Gasteiger partial charge in [-0.05, 0) is 41.2 Å². The molecule has 178 valence electrons. The van der Waals surface area contributed by atoms with Gasteiger partial charge in [0.1, 0.15) is 12.4 Å². The standard InChI is InChI=1S/C24H24Cl2F4N2O/c1-23(2,3)13-14(16-8-7-15(12-19(16)27)24(28,29)30)11-20(32-22-31-9-10-33-22)17-5-4-6-18(25)21(17)26/h4-8,12-13,20H,9-11H2,1-3H3,(H,31,32)/b14-13-. The predicted molar refractivity (Wildman–Crippen MR) is 124 cm³/mol. The van der Waals surface area contributed by atoms with E-state index in [2.05, 4.69) is 10.3 Å². The molecule has 1 unspecified atom stereocenters. The molecule has 1 aliphatic heterocycles. The van der Waals surface area contributed by atoms with Crippen molar-refractivity contribution in [2.75, 3.05) is 13.2 Å². The first-order valence-electron chi connectivity index (χ1n) is 10.3. The summed E-state index contributed by atoms with van der Waals surface area (Å²) < 4.78 is 59.6. The maximum absolute atomic E-state index is 15.0. The number of nitrogens with one attached hydrogen (secondary N) is 1. The van der Waals surface area contributed by atoms with Crippen molar-refractivity contribution in [1.82, 2.24) is 5.32 Å². The Hall–Kier alpha value is -2.25. The van der Waals surface area contributed by atoms with Crippen LogP contribution in [-0.2, 0) is 10.9 Å². The first-order chi connectivity index (χ1) is 15.3. The van der Waals surface area contributed by atoms with E-state index in [1.165, 1.54) is 0 Å². The maximum Gasteiger partial charge on any atom is 0.416 e. The Labute approximate surface area is 200 Å². The van der Waals surface area contributed by atoms with Crippen molar-refractivity contribution in [1.29, 1.82) is 0 Å². The van der Waals surface area contributed by atoms with Gasteiger partial charge in [0.2, 0.25) is 0 Å². The van der Waals surface area contributed by atoms with Gasteiger partial charge in [-0.2, -0.15) is 13.2 Å². The zero-order valence-corrected chi connectivity index (χ0v) is 19.9. The van der Waals surface area contributed by atoms with E-state index in [0.717, 1.165) is 12.1 Å². The Bertz CT molecular complexity index is 1080. The number of hydrogen-bond acceptors (Lipinski definition) is 3. The molecule has 0 aliphatic carbocycles. The summed E-state index contributed by atoms with van der Waals surface area (Å²) in [7, 11) is 0. The van der Waals surface area contributed by atoms with Crippen molar-refractivity contribution < 1.29 is 22.3 Å². The van der Waals surface area contributed by atoms with E-state index in [0.29, 0.717) is 46.4 Å². The molecule has 1 N–H and O–H groups in total. The number of allylic oxidation sites excluding steroid dienone is 1. The number of hydrogen-bond donors (Lipinski definition) is 1. The molecule has 0 bridgehead atoms. The summed E-state index contributed by atoms with van der Waals surface area (Å²) in [5.74, 6) is -0.953. The van der Waals surface area contributed by atoms with Gasteiger partial charge < -0.3 is 10.1 Å². The van der Waals surface area contributed by atoms with Crippen LogP contribution in [-0.4, -0.2) is 19.2 Å². The molecule has 0 fully saturated rings. The highest BCUT2D eigenvalue weighted by Crippen LogP contribution is 2.38. The van der Waals surface area contributed by atoms with Crippen molar-refractivity contribution in [2.24, 2.45) is 10.4 Å². The minimum Gasteiger partial charge on any atom is -0.463 e. The van der Waals surface area contributed by atoms with Crippen molar-refractivity contribution in [2.45, 2.75) is 39.4 Å². The average molecular weight is 503 g/mol. The fourth-order valence-corrected chi connectivity index (χ4v) is 3.98. The molecule has 0 saturated carbocycles. The Balaban J connectivity index is 2.07. The molecule has 33 heavy (non-hydrogen) atoms. The molecule has 0 radical (unpaired) electrons. The van der Waals surface area contributed by atoms with Gasteiger partial charge in [-0.25, -0.2) is 9.38 Å². The van der Waals surface area contributed by atoms with Crippen LogP contribution in [0.1, 0.15) is 49.9 Å². The molecule has 2 aromatic carbocycles. The van der Waals surface area contributed by atoms with Gasteiger partial charge in [0.25, 0.3) is 6.02 Å². The average Bonchev–Trinajstić information content (AvgIpc) is 3.20. The number of rotatable bonds is 5. The topological polar surface area (TPSA) is 33.6 Å². The van der Waals surface area contributed by atoms with Crippen molar-refractivity contribution in [3.63, 3.8) is 0 Å². The molecule has 0 spiro atoms. The lowest BCUT2D eigenvalue weighted by Gasteiger charge is -2.25. The van der Waals surface area contributed by atoms with Crippen LogP contribution in [0.15, 0.2) is 47.5 Å². The fraction of sp³-hybridized carbons (Fsp3) is 0.375. The van der Waals surface area contributed by atoms with Crippen LogP contribution >= 0.6 is 23.2 Å². The molecule has 3 nitrogen and oxygen atoms in total. The Morgan fingerprint density at radius 3 is 2.48 bits per heavy atom. The quantitative estimate of drug-likeness (QED) is 0.425. The Morgan fingerprint density at radius 2 is 1.91 bits per heavy atom. The Morgan fingerprint density at radius 1 is 1.18 bits per heavy atom. The van der Waals surface area contributed by atoms with Crippen molar-refractivity contribution >= 4 is 34.8 Å². The number of alkyl halides is 3. The number of aliphatic imine (C=N–C) groups is 1. The molecule has 1 atom stereocenters. The van der Waals surface area contributed by atoms with Gasteiger partial charge in [0.15, 0.2) is 0 Å². The molecule has 0 saturated heterocycles. The van der Waals surface area contributed by atoms with Crippen LogP contribution in [0, 0.1) is 11.2 Å². The van der Waals surface area contributed by atoms with Gasteiger partial charge in [0.05, 0.1) is 28.2 Å². The first kappa shape index (κ1) is 25.4. The number of ether oxygens (including phenoxy) is 1. The molecular weight excluding hydrogens is 479 g/mol. The number of benzene rings is 2. The van der Waals surface area contributed by atoms with Crippen molar-refractivity contribution in [3.05, 3.63) is 75.0 Å². The lowest BCUT2D eigenvalue weighted by Crippen LogP contribution is -2.29. The van der Waals surface area contributed by atoms with Crippen LogP contribution < -0.4 is 5.32 Å². The second-order valence-corrected chi connectivity index (χ2v) is 9.59. The van der Waals surface area contributed by atoms with E-state index in [9.17, 15) is 17.6 Å². The molecule has 1 aliphatic rings. The van der Waals surface area contributed by atoms with Crippen LogP contribution in [0.25, 0.3) is 5.57 Å². The zero-order valence-electron chi connectivity index (χ0n) is 18.4. The highest BCUT2D eigenvalue weighted by Gasteiger charge is 2.32. The van der Waals surface area contributed by atoms with E-state index in [4.69, 9.17) is 27.9 Å². The van der Waals surface area contributed by atoms with Crippen LogP contribution in [0.4, 0.5) is 17.6 Å². The highest BCUT2D eigenvalue weighted by molar-refractivity contribution is 6.42. The lowest BCUT2D eigenvalue weighted by atomic mass is 9.86. The maximum atomic E-state index is 15.0. The third-order valence-electron chi connectivity index (χ3n) is 4.91. The summed E-state index contributed by atoms with van der Waals surface area (Å²) in [5, 5.41) is 3.85. The number of halogens is 6. The summed E-state index contributed by atoms with van der Waals surface area (Å²) in [6.07, 6.45) is -2.60.